The molecular formula is C13H10N2O5. The minimum Gasteiger partial charge on any atom is -0.392 e. The van der Waals surface area contributed by atoms with E-state index in [1.54, 1.807) is 12.1 Å². The Morgan fingerprint density at radius 3 is 1.95 bits per heavy atom. The van der Waals surface area contributed by atoms with Gasteiger partial charge in [0.2, 0.25) is 0 Å². The number of non-ortho nitro benzene ring substituents is 2. The van der Waals surface area contributed by atoms with Gasteiger partial charge in [0.15, 0.2) is 0 Å². The van der Waals surface area contributed by atoms with Crippen molar-refractivity contribution in [2.45, 2.75) is 6.61 Å². The lowest BCUT2D eigenvalue weighted by atomic mass is 9.99. The van der Waals surface area contributed by atoms with Gasteiger partial charge in [0.05, 0.1) is 16.5 Å². The number of nitro benzene ring substituents is 2. The summed E-state index contributed by atoms with van der Waals surface area (Å²) in [5.74, 6) is 0. The van der Waals surface area contributed by atoms with Gasteiger partial charge in [0.1, 0.15) is 0 Å². The number of benzene rings is 2. The van der Waals surface area contributed by atoms with Gasteiger partial charge in [0, 0.05) is 24.3 Å². The molecule has 0 saturated carbocycles. The number of aliphatic hydroxyl groups excluding tert-OH is 1. The molecule has 0 aliphatic rings. The standard InChI is InChI=1S/C13H10N2O5/c16-8-10-7-12(15(19)20)5-6-13(10)9-1-3-11(4-2-9)14(17)18/h1-7,16H,8H2. The second-order valence-electron chi connectivity index (χ2n) is 4.06. The first kappa shape index (κ1) is 13.6. The maximum absolute atomic E-state index is 10.7. The molecule has 0 spiro atoms. The Labute approximate surface area is 113 Å². The molecule has 0 unspecified atom stereocenters. The third-order valence-corrected chi connectivity index (χ3v) is 2.86. The smallest absolute Gasteiger partial charge is 0.269 e. The van der Waals surface area contributed by atoms with Crippen LogP contribution in [0.5, 0.6) is 0 Å². The van der Waals surface area contributed by atoms with Gasteiger partial charge in [-0.05, 0) is 34.9 Å². The molecule has 0 fully saturated rings. The molecule has 0 atom stereocenters. The van der Waals surface area contributed by atoms with Crippen molar-refractivity contribution in [3.8, 4) is 11.1 Å². The second-order valence-corrected chi connectivity index (χ2v) is 4.06. The summed E-state index contributed by atoms with van der Waals surface area (Å²) < 4.78 is 0. The molecule has 7 heteroatoms. The zero-order valence-corrected chi connectivity index (χ0v) is 10.2. The molecule has 0 heterocycles. The second kappa shape index (κ2) is 5.45. The van der Waals surface area contributed by atoms with Crippen LogP contribution in [0.3, 0.4) is 0 Å². The lowest BCUT2D eigenvalue weighted by Gasteiger charge is -2.07. The van der Waals surface area contributed by atoms with Crippen LogP contribution in [0.15, 0.2) is 42.5 Å². The normalized spacial score (nSPS) is 10.2. The molecule has 2 aromatic rings. The first-order valence-corrected chi connectivity index (χ1v) is 5.66. The summed E-state index contributed by atoms with van der Waals surface area (Å²) in [6.45, 7) is -0.353. The largest absolute Gasteiger partial charge is 0.392 e. The summed E-state index contributed by atoms with van der Waals surface area (Å²) in [5.41, 5.74) is 1.50. The Hall–Kier alpha value is -2.80. The van der Waals surface area contributed by atoms with Crippen molar-refractivity contribution >= 4 is 11.4 Å². The van der Waals surface area contributed by atoms with Crippen LogP contribution in [-0.2, 0) is 6.61 Å². The van der Waals surface area contributed by atoms with Crippen LogP contribution in [-0.4, -0.2) is 15.0 Å². The maximum atomic E-state index is 10.7. The number of rotatable bonds is 4. The predicted molar refractivity (Wildman–Crippen MR) is 71.1 cm³/mol. The van der Waals surface area contributed by atoms with Crippen LogP contribution in [0.2, 0.25) is 0 Å². The highest BCUT2D eigenvalue weighted by Crippen LogP contribution is 2.28. The van der Waals surface area contributed by atoms with E-state index in [0.29, 0.717) is 16.7 Å². The van der Waals surface area contributed by atoms with E-state index in [4.69, 9.17) is 0 Å². The van der Waals surface area contributed by atoms with Crippen LogP contribution in [0, 0.1) is 20.2 Å². The minimum absolute atomic E-state index is 0.0405. The molecule has 2 rings (SSSR count). The number of aliphatic hydroxyl groups is 1. The molecule has 0 aromatic heterocycles. The third-order valence-electron chi connectivity index (χ3n) is 2.86. The Morgan fingerprint density at radius 1 is 0.900 bits per heavy atom. The average molecular weight is 274 g/mol. The van der Waals surface area contributed by atoms with Gasteiger partial charge in [-0.1, -0.05) is 0 Å². The molecule has 0 amide bonds. The number of nitrogens with zero attached hydrogens (tertiary/aromatic N) is 2. The Bertz CT molecular complexity index is 667. The first-order valence-electron chi connectivity index (χ1n) is 5.66. The van der Waals surface area contributed by atoms with Gasteiger partial charge in [-0.2, -0.15) is 0 Å². The van der Waals surface area contributed by atoms with Crippen molar-refractivity contribution in [1.29, 1.82) is 0 Å². The summed E-state index contributed by atoms with van der Waals surface area (Å²) in [5, 5.41) is 30.6. The van der Waals surface area contributed by atoms with Gasteiger partial charge in [0.25, 0.3) is 11.4 Å². The van der Waals surface area contributed by atoms with Crippen molar-refractivity contribution in [3.63, 3.8) is 0 Å². The molecular weight excluding hydrogens is 264 g/mol. The van der Waals surface area contributed by atoms with Gasteiger partial charge in [-0.3, -0.25) is 20.2 Å². The van der Waals surface area contributed by atoms with Crippen molar-refractivity contribution in [3.05, 3.63) is 68.3 Å². The highest BCUT2D eigenvalue weighted by atomic mass is 16.6. The summed E-state index contributed by atoms with van der Waals surface area (Å²) >= 11 is 0. The molecule has 20 heavy (non-hydrogen) atoms. The van der Waals surface area contributed by atoms with E-state index in [2.05, 4.69) is 0 Å². The molecule has 0 aliphatic carbocycles. The molecule has 0 saturated heterocycles. The zero-order chi connectivity index (χ0) is 14.7. The number of hydrogen-bond donors (Lipinski definition) is 1. The summed E-state index contributed by atoms with van der Waals surface area (Å²) in [4.78, 5) is 20.2. The topological polar surface area (TPSA) is 107 Å². The number of nitro groups is 2. The third kappa shape index (κ3) is 2.62. The molecule has 0 radical (unpaired) electrons. The lowest BCUT2D eigenvalue weighted by Crippen LogP contribution is -1.94. The molecule has 102 valence electrons. The molecule has 0 bridgehead atoms. The van der Waals surface area contributed by atoms with Crippen LogP contribution in [0.4, 0.5) is 11.4 Å². The molecule has 1 N–H and O–H groups in total. The summed E-state index contributed by atoms with van der Waals surface area (Å²) in [6.07, 6.45) is 0. The van der Waals surface area contributed by atoms with Crippen molar-refractivity contribution in [2.24, 2.45) is 0 Å². The minimum atomic E-state index is -0.543. The van der Waals surface area contributed by atoms with E-state index >= 15 is 0 Å². The van der Waals surface area contributed by atoms with E-state index in [1.165, 1.54) is 30.3 Å². The monoisotopic (exact) mass is 274 g/mol. The van der Waals surface area contributed by atoms with Crippen LogP contribution < -0.4 is 0 Å². The number of hydrogen-bond acceptors (Lipinski definition) is 5. The van der Waals surface area contributed by atoms with Gasteiger partial charge in [-0.25, -0.2) is 0 Å². The van der Waals surface area contributed by atoms with Crippen molar-refractivity contribution < 1.29 is 15.0 Å². The van der Waals surface area contributed by atoms with E-state index in [-0.39, 0.29) is 18.0 Å². The van der Waals surface area contributed by atoms with Gasteiger partial charge in [-0.15, -0.1) is 0 Å². The SMILES string of the molecule is O=[N+]([O-])c1ccc(-c2ccc([N+](=O)[O-])cc2CO)cc1. The van der Waals surface area contributed by atoms with E-state index in [0.717, 1.165) is 0 Å². The fourth-order valence-electron chi connectivity index (χ4n) is 1.87. The quantitative estimate of drug-likeness (QED) is 0.681. The van der Waals surface area contributed by atoms with Crippen molar-refractivity contribution in [2.75, 3.05) is 0 Å². The van der Waals surface area contributed by atoms with Crippen LogP contribution in [0.1, 0.15) is 5.56 Å². The Balaban J connectivity index is 2.46. The summed E-state index contributed by atoms with van der Waals surface area (Å²) in [6, 6.07) is 9.91. The first-order chi connectivity index (χ1) is 9.52. The van der Waals surface area contributed by atoms with Crippen molar-refractivity contribution in [1.82, 2.24) is 0 Å². The van der Waals surface area contributed by atoms with E-state index in [9.17, 15) is 25.3 Å². The highest BCUT2D eigenvalue weighted by molar-refractivity contribution is 5.69. The zero-order valence-electron chi connectivity index (χ0n) is 10.2. The Morgan fingerprint density at radius 2 is 1.45 bits per heavy atom. The average Bonchev–Trinajstić information content (AvgIpc) is 2.46. The van der Waals surface area contributed by atoms with Gasteiger partial charge >= 0.3 is 0 Å². The van der Waals surface area contributed by atoms with E-state index < -0.39 is 9.85 Å². The molecule has 7 nitrogen and oxygen atoms in total. The maximum Gasteiger partial charge on any atom is 0.269 e. The fraction of sp³-hybridized carbons (Fsp3) is 0.0769. The predicted octanol–water partition coefficient (Wildman–Crippen LogP) is 2.66. The fourth-order valence-corrected chi connectivity index (χ4v) is 1.87. The molecule has 2 aromatic carbocycles. The lowest BCUT2D eigenvalue weighted by molar-refractivity contribution is -0.385. The van der Waals surface area contributed by atoms with Crippen LogP contribution in [0.25, 0.3) is 11.1 Å². The van der Waals surface area contributed by atoms with Gasteiger partial charge < -0.3 is 5.11 Å². The molecule has 0 aliphatic heterocycles. The van der Waals surface area contributed by atoms with E-state index in [1.807, 2.05) is 0 Å². The van der Waals surface area contributed by atoms with Crippen LogP contribution >= 0.6 is 0 Å². The highest BCUT2D eigenvalue weighted by Gasteiger charge is 2.12. The summed E-state index contributed by atoms with van der Waals surface area (Å²) in [7, 11) is 0. The Kier molecular flexibility index (Phi) is 3.72.